The highest BCUT2D eigenvalue weighted by molar-refractivity contribution is 8.00. The molecule has 0 bridgehead atoms. The van der Waals surface area contributed by atoms with Crippen molar-refractivity contribution in [3.63, 3.8) is 0 Å². The summed E-state index contributed by atoms with van der Waals surface area (Å²) in [6.45, 7) is 0. The number of nitrogens with one attached hydrogen (secondary N) is 3. The molecule has 9 heteroatoms. The predicted molar refractivity (Wildman–Crippen MR) is 105 cm³/mol. The van der Waals surface area contributed by atoms with Gasteiger partial charge in [0.25, 0.3) is 11.8 Å². The fraction of sp³-hybridized carbons (Fsp3) is 0.211. The van der Waals surface area contributed by atoms with E-state index >= 15 is 0 Å². The van der Waals surface area contributed by atoms with Crippen LogP contribution in [0.1, 0.15) is 15.9 Å². The van der Waals surface area contributed by atoms with Crippen molar-refractivity contribution in [2.45, 2.75) is 17.7 Å². The van der Waals surface area contributed by atoms with Crippen LogP contribution in [-0.2, 0) is 16.0 Å². The first kappa shape index (κ1) is 20.2. The highest BCUT2D eigenvalue weighted by Crippen LogP contribution is 2.22. The molecule has 0 aliphatic carbocycles. The summed E-state index contributed by atoms with van der Waals surface area (Å²) < 4.78 is 13.0. The first-order chi connectivity index (χ1) is 13.4. The van der Waals surface area contributed by atoms with Gasteiger partial charge in [0, 0.05) is 5.75 Å². The van der Waals surface area contributed by atoms with Crippen LogP contribution in [0.2, 0.25) is 5.02 Å². The van der Waals surface area contributed by atoms with Gasteiger partial charge in [0.05, 0.1) is 15.8 Å². The fourth-order valence-corrected chi connectivity index (χ4v) is 4.05. The van der Waals surface area contributed by atoms with Gasteiger partial charge in [-0.1, -0.05) is 35.9 Å². The highest BCUT2D eigenvalue weighted by Gasteiger charge is 2.32. The summed E-state index contributed by atoms with van der Waals surface area (Å²) in [6.07, 6.45) is 0.439. The molecule has 2 unspecified atom stereocenters. The Kier molecular flexibility index (Phi) is 6.53. The minimum atomic E-state index is -0.770. The largest absolute Gasteiger partial charge is 0.342 e. The fourth-order valence-electron chi connectivity index (χ4n) is 2.64. The zero-order valence-corrected chi connectivity index (χ0v) is 16.1. The standard InChI is InChI=1S/C19H17ClFN3O3S/c20-14-4-2-1-3-13(14)17(25)23-24-18(26)15-10-28-16(19(27)22-15)9-11-5-7-12(21)8-6-11/h1-8,15-16H,9-10H2,(H,22,27)(H,23,25)(H,24,26). The van der Waals surface area contributed by atoms with Crippen molar-refractivity contribution in [1.29, 1.82) is 0 Å². The van der Waals surface area contributed by atoms with Crippen LogP contribution in [0, 0.1) is 5.82 Å². The Hall–Kier alpha value is -2.58. The molecule has 28 heavy (non-hydrogen) atoms. The molecule has 146 valence electrons. The smallest absolute Gasteiger partial charge is 0.271 e. The van der Waals surface area contributed by atoms with Gasteiger partial charge in [-0.3, -0.25) is 25.2 Å². The number of thioether (sulfide) groups is 1. The lowest BCUT2D eigenvalue weighted by atomic mass is 10.1. The van der Waals surface area contributed by atoms with E-state index in [-0.39, 0.29) is 27.6 Å². The van der Waals surface area contributed by atoms with Crippen molar-refractivity contribution < 1.29 is 18.8 Å². The third-order valence-corrected chi connectivity index (χ3v) is 5.78. The van der Waals surface area contributed by atoms with Crippen LogP contribution in [0.5, 0.6) is 0 Å². The molecule has 1 heterocycles. The number of benzene rings is 2. The van der Waals surface area contributed by atoms with Crippen LogP contribution in [0.15, 0.2) is 48.5 Å². The van der Waals surface area contributed by atoms with Gasteiger partial charge in [0.2, 0.25) is 5.91 Å². The molecule has 0 saturated carbocycles. The van der Waals surface area contributed by atoms with Crippen molar-refractivity contribution in [3.8, 4) is 0 Å². The van der Waals surface area contributed by atoms with Gasteiger partial charge < -0.3 is 5.32 Å². The molecule has 6 nitrogen and oxygen atoms in total. The van der Waals surface area contributed by atoms with Crippen molar-refractivity contribution in [3.05, 3.63) is 70.5 Å². The molecule has 0 spiro atoms. The molecule has 2 aromatic rings. The van der Waals surface area contributed by atoms with Crippen LogP contribution in [0.25, 0.3) is 0 Å². The Bertz CT molecular complexity index is 894. The van der Waals surface area contributed by atoms with Crippen molar-refractivity contribution in [2.75, 3.05) is 5.75 Å². The Morgan fingerprint density at radius 3 is 2.54 bits per heavy atom. The average molecular weight is 422 g/mol. The first-order valence-electron chi connectivity index (χ1n) is 8.45. The number of carbonyl (C=O) groups is 3. The summed E-state index contributed by atoms with van der Waals surface area (Å²) in [5, 5.41) is 2.54. The molecular weight excluding hydrogens is 405 g/mol. The minimum absolute atomic E-state index is 0.228. The maximum Gasteiger partial charge on any atom is 0.271 e. The number of amides is 3. The second-order valence-corrected chi connectivity index (χ2v) is 7.78. The third kappa shape index (κ3) is 5.02. The zero-order valence-electron chi connectivity index (χ0n) is 14.6. The highest BCUT2D eigenvalue weighted by atomic mass is 35.5. The Morgan fingerprint density at radius 2 is 1.86 bits per heavy atom. The maximum atomic E-state index is 13.0. The second-order valence-electron chi connectivity index (χ2n) is 6.14. The number of hydrogen-bond acceptors (Lipinski definition) is 4. The molecule has 2 aromatic carbocycles. The van der Waals surface area contributed by atoms with Crippen LogP contribution in [-0.4, -0.2) is 34.8 Å². The summed E-state index contributed by atoms with van der Waals surface area (Å²) in [7, 11) is 0. The summed E-state index contributed by atoms with van der Waals surface area (Å²) >= 11 is 7.28. The number of hydrazine groups is 1. The van der Waals surface area contributed by atoms with E-state index in [1.54, 1.807) is 30.3 Å². The second kappa shape index (κ2) is 9.07. The molecule has 1 fully saturated rings. The Morgan fingerprint density at radius 1 is 1.14 bits per heavy atom. The topological polar surface area (TPSA) is 87.3 Å². The Balaban J connectivity index is 1.50. The molecular formula is C19H17ClFN3O3S. The van der Waals surface area contributed by atoms with Gasteiger partial charge >= 0.3 is 0 Å². The van der Waals surface area contributed by atoms with Crippen molar-refractivity contribution in [2.24, 2.45) is 0 Å². The van der Waals surface area contributed by atoms with Gasteiger partial charge in [-0.15, -0.1) is 11.8 Å². The minimum Gasteiger partial charge on any atom is -0.342 e. The van der Waals surface area contributed by atoms with Crippen LogP contribution in [0.3, 0.4) is 0 Å². The molecule has 3 N–H and O–H groups in total. The number of halogens is 2. The van der Waals surface area contributed by atoms with Gasteiger partial charge in [-0.2, -0.15) is 0 Å². The van der Waals surface area contributed by atoms with E-state index in [0.717, 1.165) is 5.56 Å². The lowest BCUT2D eigenvalue weighted by Gasteiger charge is -2.28. The normalized spacial score (nSPS) is 18.9. The van der Waals surface area contributed by atoms with Gasteiger partial charge in [-0.05, 0) is 36.2 Å². The molecule has 2 atom stereocenters. The number of carbonyl (C=O) groups excluding carboxylic acids is 3. The van der Waals surface area contributed by atoms with E-state index in [9.17, 15) is 18.8 Å². The third-order valence-electron chi connectivity index (χ3n) is 4.14. The first-order valence-corrected chi connectivity index (χ1v) is 9.88. The summed E-state index contributed by atoms with van der Waals surface area (Å²) in [5.74, 6) is -1.34. The van der Waals surface area contributed by atoms with Crippen molar-refractivity contribution in [1.82, 2.24) is 16.2 Å². The number of rotatable bonds is 4. The molecule has 1 saturated heterocycles. The van der Waals surface area contributed by atoms with E-state index in [1.165, 1.54) is 30.0 Å². The van der Waals surface area contributed by atoms with E-state index in [1.807, 2.05) is 0 Å². The van der Waals surface area contributed by atoms with Gasteiger partial charge in [0.15, 0.2) is 0 Å². The molecule has 1 aliphatic heterocycles. The summed E-state index contributed by atoms with van der Waals surface area (Å²) in [4.78, 5) is 36.6. The van der Waals surface area contributed by atoms with E-state index in [2.05, 4.69) is 16.2 Å². The molecule has 0 radical (unpaired) electrons. The zero-order chi connectivity index (χ0) is 20.1. The molecule has 3 rings (SSSR count). The van der Waals surface area contributed by atoms with Crippen LogP contribution in [0.4, 0.5) is 4.39 Å². The molecule has 0 aromatic heterocycles. The van der Waals surface area contributed by atoms with E-state index < -0.39 is 17.9 Å². The SMILES string of the molecule is O=C(NNC(=O)C1CSC(Cc2ccc(F)cc2)C(=O)N1)c1ccccc1Cl. The van der Waals surface area contributed by atoms with Gasteiger partial charge in [-0.25, -0.2) is 4.39 Å². The van der Waals surface area contributed by atoms with Crippen molar-refractivity contribution >= 4 is 41.1 Å². The lowest BCUT2D eigenvalue weighted by Crippen LogP contribution is -2.57. The number of hydrogen-bond donors (Lipinski definition) is 3. The van der Waals surface area contributed by atoms with Crippen LogP contribution < -0.4 is 16.2 Å². The van der Waals surface area contributed by atoms with E-state index in [4.69, 9.17) is 11.6 Å². The van der Waals surface area contributed by atoms with Crippen LogP contribution >= 0.6 is 23.4 Å². The lowest BCUT2D eigenvalue weighted by molar-refractivity contribution is -0.129. The predicted octanol–water partition coefficient (Wildman–Crippen LogP) is 2.08. The molecule has 3 amide bonds. The monoisotopic (exact) mass is 421 g/mol. The average Bonchev–Trinajstić information content (AvgIpc) is 2.69. The quantitative estimate of drug-likeness (QED) is 0.660. The molecule has 1 aliphatic rings. The summed E-state index contributed by atoms with van der Waals surface area (Å²) in [6, 6.07) is 11.6. The van der Waals surface area contributed by atoms with Gasteiger partial charge in [0.1, 0.15) is 11.9 Å². The van der Waals surface area contributed by atoms with E-state index in [0.29, 0.717) is 12.2 Å². The maximum absolute atomic E-state index is 13.0. The Labute approximate surface area is 170 Å². The summed E-state index contributed by atoms with van der Waals surface area (Å²) in [5.41, 5.74) is 5.66.